The standard InChI is InChI=1S/C26H29NO/c1-3-8-22(9-4-1)18-23-14-16-27(17-15-23)20-25-12-7-13-26(19-25)28-21-24-10-5-2-6-11-24/h1-13,19,23H,14-18,20-21H2. The second-order valence-electron chi connectivity index (χ2n) is 7.83. The van der Waals surface area contributed by atoms with Gasteiger partial charge in [-0.1, -0.05) is 72.8 Å². The van der Waals surface area contributed by atoms with Crippen LogP contribution in [0, 0.1) is 5.92 Å². The predicted molar refractivity (Wildman–Crippen MR) is 115 cm³/mol. The van der Waals surface area contributed by atoms with E-state index in [1.807, 2.05) is 6.07 Å². The summed E-state index contributed by atoms with van der Waals surface area (Å²) in [6.07, 6.45) is 3.80. The highest BCUT2D eigenvalue weighted by molar-refractivity contribution is 5.29. The molecule has 0 saturated carbocycles. The average Bonchev–Trinajstić information content (AvgIpc) is 2.76. The molecule has 0 spiro atoms. The first-order valence-corrected chi connectivity index (χ1v) is 10.4. The number of hydrogen-bond acceptors (Lipinski definition) is 2. The van der Waals surface area contributed by atoms with Gasteiger partial charge < -0.3 is 4.74 Å². The maximum Gasteiger partial charge on any atom is 0.120 e. The van der Waals surface area contributed by atoms with Crippen LogP contribution in [-0.4, -0.2) is 18.0 Å². The zero-order chi connectivity index (χ0) is 19.0. The molecular formula is C26H29NO. The summed E-state index contributed by atoms with van der Waals surface area (Å²) in [5.41, 5.74) is 4.02. The Morgan fingerprint density at radius 1 is 0.714 bits per heavy atom. The molecule has 1 aliphatic heterocycles. The van der Waals surface area contributed by atoms with E-state index in [-0.39, 0.29) is 0 Å². The van der Waals surface area contributed by atoms with E-state index in [0.717, 1.165) is 18.2 Å². The van der Waals surface area contributed by atoms with Gasteiger partial charge in [-0.3, -0.25) is 4.90 Å². The van der Waals surface area contributed by atoms with Crippen LogP contribution in [0.1, 0.15) is 29.5 Å². The van der Waals surface area contributed by atoms with Gasteiger partial charge in [0, 0.05) is 6.54 Å². The highest BCUT2D eigenvalue weighted by Gasteiger charge is 2.19. The second-order valence-corrected chi connectivity index (χ2v) is 7.83. The molecule has 1 heterocycles. The van der Waals surface area contributed by atoms with Gasteiger partial charge in [-0.2, -0.15) is 0 Å². The minimum absolute atomic E-state index is 0.620. The Morgan fingerprint density at radius 3 is 2.07 bits per heavy atom. The van der Waals surface area contributed by atoms with Crippen molar-refractivity contribution in [1.29, 1.82) is 0 Å². The average molecular weight is 372 g/mol. The summed E-state index contributed by atoms with van der Waals surface area (Å²) in [5.74, 6) is 1.78. The van der Waals surface area contributed by atoms with Crippen LogP contribution < -0.4 is 4.74 Å². The van der Waals surface area contributed by atoms with Crippen LogP contribution in [0.3, 0.4) is 0 Å². The molecule has 28 heavy (non-hydrogen) atoms. The Balaban J connectivity index is 1.26. The molecule has 0 atom stereocenters. The molecule has 3 aromatic carbocycles. The van der Waals surface area contributed by atoms with Crippen molar-refractivity contribution in [3.63, 3.8) is 0 Å². The molecule has 0 unspecified atom stereocenters. The fourth-order valence-electron chi connectivity index (χ4n) is 4.03. The smallest absolute Gasteiger partial charge is 0.120 e. The van der Waals surface area contributed by atoms with E-state index in [4.69, 9.17) is 4.74 Å². The third-order valence-electron chi connectivity index (χ3n) is 5.63. The topological polar surface area (TPSA) is 12.5 Å². The van der Waals surface area contributed by atoms with E-state index in [0.29, 0.717) is 6.61 Å². The molecule has 1 aliphatic rings. The van der Waals surface area contributed by atoms with Gasteiger partial charge in [0.15, 0.2) is 0 Å². The maximum atomic E-state index is 5.99. The van der Waals surface area contributed by atoms with Crippen LogP contribution in [0.4, 0.5) is 0 Å². The third-order valence-corrected chi connectivity index (χ3v) is 5.63. The van der Waals surface area contributed by atoms with Crippen molar-refractivity contribution in [2.24, 2.45) is 5.92 Å². The van der Waals surface area contributed by atoms with Crippen molar-refractivity contribution in [1.82, 2.24) is 4.90 Å². The Morgan fingerprint density at radius 2 is 1.36 bits per heavy atom. The molecule has 1 fully saturated rings. The molecule has 2 nitrogen and oxygen atoms in total. The molecular weight excluding hydrogens is 342 g/mol. The number of piperidine rings is 1. The van der Waals surface area contributed by atoms with Crippen LogP contribution in [0.2, 0.25) is 0 Å². The van der Waals surface area contributed by atoms with E-state index in [2.05, 4.69) is 83.8 Å². The van der Waals surface area contributed by atoms with Crippen molar-refractivity contribution in [2.75, 3.05) is 13.1 Å². The Labute approximate surface area is 168 Å². The van der Waals surface area contributed by atoms with Crippen LogP contribution in [-0.2, 0) is 19.6 Å². The summed E-state index contributed by atoms with van der Waals surface area (Å²) < 4.78 is 5.99. The van der Waals surface area contributed by atoms with Gasteiger partial charge in [0.25, 0.3) is 0 Å². The minimum atomic E-state index is 0.620. The minimum Gasteiger partial charge on any atom is -0.489 e. The van der Waals surface area contributed by atoms with Gasteiger partial charge in [-0.15, -0.1) is 0 Å². The molecule has 0 amide bonds. The Kier molecular flexibility index (Phi) is 6.41. The summed E-state index contributed by atoms with van der Waals surface area (Å²) >= 11 is 0. The molecule has 3 aromatic rings. The van der Waals surface area contributed by atoms with Crippen LogP contribution in [0.5, 0.6) is 5.75 Å². The molecule has 0 radical (unpaired) electrons. The highest BCUT2D eigenvalue weighted by atomic mass is 16.5. The van der Waals surface area contributed by atoms with E-state index < -0.39 is 0 Å². The maximum absolute atomic E-state index is 5.99. The van der Waals surface area contributed by atoms with Gasteiger partial charge in [-0.25, -0.2) is 0 Å². The lowest BCUT2D eigenvalue weighted by molar-refractivity contribution is 0.177. The monoisotopic (exact) mass is 371 g/mol. The molecule has 0 aliphatic carbocycles. The third kappa shape index (κ3) is 5.46. The van der Waals surface area contributed by atoms with Crippen molar-refractivity contribution >= 4 is 0 Å². The summed E-state index contributed by atoms with van der Waals surface area (Å²) in [6.45, 7) is 4.01. The molecule has 0 bridgehead atoms. The largest absolute Gasteiger partial charge is 0.489 e. The van der Waals surface area contributed by atoms with E-state index >= 15 is 0 Å². The highest BCUT2D eigenvalue weighted by Crippen LogP contribution is 2.24. The number of nitrogens with zero attached hydrogens (tertiary/aromatic N) is 1. The Hall–Kier alpha value is -2.58. The van der Waals surface area contributed by atoms with Gasteiger partial charge >= 0.3 is 0 Å². The van der Waals surface area contributed by atoms with Crippen molar-refractivity contribution in [2.45, 2.75) is 32.4 Å². The SMILES string of the molecule is c1ccc(COc2cccc(CN3CCC(Cc4ccccc4)CC3)c2)cc1. The van der Waals surface area contributed by atoms with E-state index in [1.165, 1.54) is 49.0 Å². The first kappa shape index (κ1) is 18.8. The molecule has 1 saturated heterocycles. The number of benzene rings is 3. The molecule has 144 valence electrons. The fraction of sp³-hybridized carbons (Fsp3) is 0.308. The summed E-state index contributed by atoms with van der Waals surface area (Å²) in [6, 6.07) is 29.8. The lowest BCUT2D eigenvalue weighted by atomic mass is 9.90. The lowest BCUT2D eigenvalue weighted by Gasteiger charge is -2.32. The van der Waals surface area contributed by atoms with Crippen molar-refractivity contribution < 1.29 is 4.74 Å². The van der Waals surface area contributed by atoms with Gasteiger partial charge in [0.2, 0.25) is 0 Å². The normalized spacial score (nSPS) is 15.4. The molecule has 2 heteroatoms. The number of hydrogen-bond donors (Lipinski definition) is 0. The second kappa shape index (κ2) is 9.57. The van der Waals surface area contributed by atoms with Crippen molar-refractivity contribution in [3.05, 3.63) is 102 Å². The van der Waals surface area contributed by atoms with E-state index in [9.17, 15) is 0 Å². The molecule has 0 N–H and O–H groups in total. The fourth-order valence-corrected chi connectivity index (χ4v) is 4.03. The van der Waals surface area contributed by atoms with Gasteiger partial charge in [0.05, 0.1) is 0 Å². The molecule has 4 rings (SSSR count). The van der Waals surface area contributed by atoms with Crippen molar-refractivity contribution in [3.8, 4) is 5.75 Å². The van der Waals surface area contributed by atoms with Crippen LogP contribution in [0.15, 0.2) is 84.9 Å². The predicted octanol–water partition coefficient (Wildman–Crippen LogP) is 5.72. The zero-order valence-electron chi connectivity index (χ0n) is 16.5. The van der Waals surface area contributed by atoms with Gasteiger partial charge in [-0.05, 0) is 67.1 Å². The zero-order valence-corrected chi connectivity index (χ0v) is 16.5. The quantitative estimate of drug-likeness (QED) is 0.527. The van der Waals surface area contributed by atoms with E-state index in [1.54, 1.807) is 0 Å². The van der Waals surface area contributed by atoms with Crippen LogP contribution in [0.25, 0.3) is 0 Å². The van der Waals surface area contributed by atoms with Gasteiger partial charge in [0.1, 0.15) is 12.4 Å². The number of rotatable bonds is 7. The Bertz CT molecular complexity index is 839. The van der Waals surface area contributed by atoms with Crippen LogP contribution >= 0.6 is 0 Å². The summed E-state index contributed by atoms with van der Waals surface area (Å²) in [4.78, 5) is 2.58. The molecule has 0 aromatic heterocycles. The first-order valence-electron chi connectivity index (χ1n) is 10.4. The first-order chi connectivity index (χ1) is 13.8. The lowest BCUT2D eigenvalue weighted by Crippen LogP contribution is -2.33. The summed E-state index contributed by atoms with van der Waals surface area (Å²) in [7, 11) is 0. The summed E-state index contributed by atoms with van der Waals surface area (Å²) in [5, 5.41) is 0. The number of ether oxygens (including phenoxy) is 1. The number of likely N-dealkylation sites (tertiary alicyclic amines) is 1.